The highest BCUT2D eigenvalue weighted by atomic mass is 79.9. The lowest BCUT2D eigenvalue weighted by atomic mass is 10.0. The molecular formula is C16H12Br3ClN2O2. The van der Waals surface area contributed by atoms with Crippen molar-refractivity contribution in [3.05, 3.63) is 66.0 Å². The smallest absolute Gasteiger partial charge is 0.252 e. The van der Waals surface area contributed by atoms with E-state index in [1.54, 1.807) is 30.3 Å². The van der Waals surface area contributed by atoms with E-state index in [-0.39, 0.29) is 12.3 Å². The van der Waals surface area contributed by atoms with Gasteiger partial charge in [0.2, 0.25) is 5.91 Å². The largest absolute Gasteiger partial charge is 0.368 e. The van der Waals surface area contributed by atoms with Gasteiger partial charge in [0.25, 0.3) is 5.91 Å². The molecule has 0 fully saturated rings. The molecule has 8 heteroatoms. The van der Waals surface area contributed by atoms with Crippen molar-refractivity contribution in [2.24, 2.45) is 5.73 Å². The first-order valence-corrected chi connectivity index (χ1v) is 9.52. The van der Waals surface area contributed by atoms with Crippen LogP contribution < -0.4 is 11.1 Å². The summed E-state index contributed by atoms with van der Waals surface area (Å²) in [7, 11) is 0. The lowest BCUT2D eigenvalue weighted by molar-refractivity contribution is -0.119. The maximum absolute atomic E-state index is 12.4. The number of amides is 2. The zero-order valence-corrected chi connectivity index (χ0v) is 17.7. The van der Waals surface area contributed by atoms with Crippen LogP contribution in [0.25, 0.3) is 0 Å². The van der Waals surface area contributed by atoms with Crippen molar-refractivity contribution < 1.29 is 9.59 Å². The molecule has 1 atom stereocenters. The predicted molar refractivity (Wildman–Crippen MR) is 105 cm³/mol. The summed E-state index contributed by atoms with van der Waals surface area (Å²) in [6.45, 7) is 0. The SMILES string of the molecule is NC(=O)[C@@H](Cc1cc(Cl)ccc1Br)NC(=O)c1cc(Br)cc(Br)c1. The van der Waals surface area contributed by atoms with Gasteiger partial charge >= 0.3 is 0 Å². The van der Waals surface area contributed by atoms with Crippen LogP contribution in [0, 0.1) is 0 Å². The summed E-state index contributed by atoms with van der Waals surface area (Å²) in [6.07, 6.45) is 0.234. The Labute approximate surface area is 169 Å². The fraction of sp³-hybridized carbons (Fsp3) is 0.125. The number of carbonyl (C=O) groups excluding carboxylic acids is 2. The topological polar surface area (TPSA) is 72.2 Å². The van der Waals surface area contributed by atoms with Crippen LogP contribution >= 0.6 is 59.4 Å². The normalized spacial score (nSPS) is 11.8. The summed E-state index contributed by atoms with van der Waals surface area (Å²) >= 11 is 16.0. The van der Waals surface area contributed by atoms with E-state index in [1.165, 1.54) is 0 Å². The van der Waals surface area contributed by atoms with Crippen molar-refractivity contribution in [1.29, 1.82) is 0 Å². The Kier molecular flexibility index (Phi) is 6.86. The lowest BCUT2D eigenvalue weighted by Crippen LogP contribution is -2.45. The predicted octanol–water partition coefficient (Wildman–Crippen LogP) is 4.45. The van der Waals surface area contributed by atoms with E-state index in [4.69, 9.17) is 17.3 Å². The van der Waals surface area contributed by atoms with E-state index in [2.05, 4.69) is 53.1 Å². The minimum absolute atomic E-state index is 0.234. The molecule has 4 nitrogen and oxygen atoms in total. The number of hydrogen-bond donors (Lipinski definition) is 2. The van der Waals surface area contributed by atoms with Crippen LogP contribution in [0.1, 0.15) is 15.9 Å². The highest BCUT2D eigenvalue weighted by Gasteiger charge is 2.21. The summed E-state index contributed by atoms with van der Waals surface area (Å²) in [5.74, 6) is -1.01. The van der Waals surface area contributed by atoms with Crippen LogP contribution in [0.2, 0.25) is 5.02 Å². The molecule has 0 aliphatic rings. The van der Waals surface area contributed by atoms with Gasteiger partial charge in [-0.25, -0.2) is 0 Å². The van der Waals surface area contributed by atoms with Gasteiger partial charge < -0.3 is 11.1 Å². The van der Waals surface area contributed by atoms with Crippen molar-refractivity contribution >= 4 is 71.2 Å². The molecule has 0 bridgehead atoms. The molecule has 126 valence electrons. The second-order valence-corrected chi connectivity index (χ2v) is 8.15. The van der Waals surface area contributed by atoms with Gasteiger partial charge in [0.1, 0.15) is 6.04 Å². The lowest BCUT2D eigenvalue weighted by Gasteiger charge is -2.17. The van der Waals surface area contributed by atoms with E-state index >= 15 is 0 Å². The Balaban J connectivity index is 2.20. The fourth-order valence-electron chi connectivity index (χ4n) is 2.07. The monoisotopic (exact) mass is 536 g/mol. The zero-order valence-electron chi connectivity index (χ0n) is 12.2. The standard InChI is InChI=1S/C16H12Br3ClN2O2/c17-10-3-9(4-11(18)7-10)16(24)22-14(15(21)23)6-8-5-12(20)1-2-13(8)19/h1-5,7,14H,6H2,(H2,21,23)(H,22,24)/t14-/m1/s1. The fourth-order valence-corrected chi connectivity index (χ4v) is 3.97. The number of carbonyl (C=O) groups is 2. The van der Waals surface area contributed by atoms with Gasteiger partial charge in [-0.3, -0.25) is 9.59 Å². The van der Waals surface area contributed by atoms with Crippen LogP contribution in [-0.2, 0) is 11.2 Å². The molecule has 0 radical (unpaired) electrons. The minimum Gasteiger partial charge on any atom is -0.368 e. The van der Waals surface area contributed by atoms with Gasteiger partial charge in [-0.15, -0.1) is 0 Å². The van der Waals surface area contributed by atoms with Gasteiger partial charge in [0, 0.05) is 30.4 Å². The van der Waals surface area contributed by atoms with Crippen LogP contribution in [-0.4, -0.2) is 17.9 Å². The molecule has 0 aliphatic heterocycles. The molecule has 0 heterocycles. The molecule has 0 saturated carbocycles. The second kappa shape index (κ2) is 8.47. The summed E-state index contributed by atoms with van der Waals surface area (Å²) in [4.78, 5) is 24.1. The molecule has 2 aromatic carbocycles. The highest BCUT2D eigenvalue weighted by molar-refractivity contribution is 9.11. The maximum Gasteiger partial charge on any atom is 0.252 e. The quantitative estimate of drug-likeness (QED) is 0.590. The molecule has 0 aliphatic carbocycles. The number of primary amides is 1. The number of nitrogens with one attached hydrogen (secondary N) is 1. The van der Waals surface area contributed by atoms with Gasteiger partial charge in [-0.05, 0) is 42.0 Å². The number of halogens is 4. The molecule has 2 amide bonds. The Bertz CT molecular complexity index is 779. The first-order valence-electron chi connectivity index (χ1n) is 6.76. The first kappa shape index (κ1) is 19.4. The van der Waals surface area contributed by atoms with Crippen LogP contribution in [0.3, 0.4) is 0 Å². The number of nitrogens with two attached hydrogens (primary N) is 1. The number of hydrogen-bond acceptors (Lipinski definition) is 2. The molecule has 2 rings (SSSR count). The summed E-state index contributed by atoms with van der Waals surface area (Å²) in [6, 6.07) is 9.51. The number of benzene rings is 2. The van der Waals surface area contributed by atoms with Gasteiger partial charge in [-0.1, -0.05) is 59.4 Å². The van der Waals surface area contributed by atoms with Crippen molar-refractivity contribution in [3.8, 4) is 0 Å². The molecule has 2 aromatic rings. The molecule has 24 heavy (non-hydrogen) atoms. The van der Waals surface area contributed by atoms with Gasteiger partial charge in [0.05, 0.1) is 0 Å². The Hall–Kier alpha value is -0.890. The van der Waals surface area contributed by atoms with Crippen molar-refractivity contribution in [3.63, 3.8) is 0 Å². The Morgan fingerprint density at radius 2 is 1.71 bits per heavy atom. The van der Waals surface area contributed by atoms with E-state index in [0.29, 0.717) is 10.6 Å². The third-order valence-corrected chi connectivity index (χ3v) is 5.13. The minimum atomic E-state index is -0.856. The van der Waals surface area contributed by atoms with Gasteiger partial charge in [-0.2, -0.15) is 0 Å². The van der Waals surface area contributed by atoms with Crippen molar-refractivity contribution in [1.82, 2.24) is 5.32 Å². The van der Waals surface area contributed by atoms with Crippen molar-refractivity contribution in [2.75, 3.05) is 0 Å². The van der Waals surface area contributed by atoms with E-state index in [9.17, 15) is 9.59 Å². The van der Waals surface area contributed by atoms with Gasteiger partial charge in [0.15, 0.2) is 0 Å². The van der Waals surface area contributed by atoms with E-state index < -0.39 is 11.9 Å². The first-order chi connectivity index (χ1) is 11.3. The molecule has 0 unspecified atom stereocenters. The molecule has 0 spiro atoms. The average Bonchev–Trinajstić information content (AvgIpc) is 2.48. The second-order valence-electron chi connectivity index (χ2n) is 5.03. The maximum atomic E-state index is 12.4. The highest BCUT2D eigenvalue weighted by Crippen LogP contribution is 2.23. The average molecular weight is 539 g/mol. The molecule has 3 N–H and O–H groups in total. The van der Waals surface area contributed by atoms with E-state index in [1.807, 2.05) is 6.07 Å². The molecule has 0 aromatic heterocycles. The Morgan fingerprint density at radius 1 is 1.08 bits per heavy atom. The third-order valence-electron chi connectivity index (χ3n) is 3.21. The summed E-state index contributed by atoms with van der Waals surface area (Å²) < 4.78 is 2.28. The van der Waals surface area contributed by atoms with Crippen LogP contribution in [0.15, 0.2) is 49.8 Å². The third kappa shape index (κ3) is 5.31. The van der Waals surface area contributed by atoms with Crippen LogP contribution in [0.5, 0.6) is 0 Å². The number of rotatable bonds is 5. The zero-order chi connectivity index (χ0) is 17.9. The molecule has 0 saturated heterocycles. The Morgan fingerprint density at radius 3 is 2.29 bits per heavy atom. The summed E-state index contributed by atoms with van der Waals surface area (Å²) in [5, 5.41) is 3.20. The molecular weight excluding hydrogens is 527 g/mol. The van der Waals surface area contributed by atoms with Crippen LogP contribution in [0.4, 0.5) is 0 Å². The van der Waals surface area contributed by atoms with E-state index in [0.717, 1.165) is 19.0 Å². The van der Waals surface area contributed by atoms with Crippen molar-refractivity contribution in [2.45, 2.75) is 12.5 Å². The summed E-state index contributed by atoms with van der Waals surface area (Å²) in [5.41, 5.74) is 6.63.